The molecule has 2 heterocycles. The Balaban J connectivity index is 2.24. The van der Waals surface area contributed by atoms with Gasteiger partial charge in [0.25, 0.3) is 5.91 Å². The third-order valence-corrected chi connectivity index (χ3v) is 3.54. The average Bonchev–Trinajstić information content (AvgIpc) is 2.28. The third-order valence-electron chi connectivity index (χ3n) is 3.54. The van der Waals surface area contributed by atoms with Gasteiger partial charge in [-0.05, 0) is 52.2 Å². The van der Waals surface area contributed by atoms with E-state index in [4.69, 9.17) is 0 Å². The van der Waals surface area contributed by atoms with Gasteiger partial charge in [0.1, 0.15) is 5.69 Å². The van der Waals surface area contributed by atoms with Gasteiger partial charge in [-0.2, -0.15) is 0 Å². The van der Waals surface area contributed by atoms with Crippen molar-refractivity contribution >= 4 is 5.91 Å². The van der Waals surface area contributed by atoms with Crippen LogP contribution in [0.3, 0.4) is 0 Å². The SMILES string of the molecule is Cc1cccc(C(=O)N2C(C)CCCC2C)n1. The van der Waals surface area contributed by atoms with Crippen molar-refractivity contribution in [2.45, 2.75) is 52.1 Å². The first-order chi connectivity index (χ1) is 8.09. The summed E-state index contributed by atoms with van der Waals surface area (Å²) < 4.78 is 0. The zero-order valence-corrected chi connectivity index (χ0v) is 10.8. The molecule has 0 bridgehead atoms. The van der Waals surface area contributed by atoms with Crippen molar-refractivity contribution in [2.24, 2.45) is 0 Å². The van der Waals surface area contributed by atoms with Crippen molar-refractivity contribution in [3.63, 3.8) is 0 Å². The molecule has 0 saturated carbocycles. The summed E-state index contributed by atoms with van der Waals surface area (Å²) in [6.07, 6.45) is 3.41. The second kappa shape index (κ2) is 4.86. The number of hydrogen-bond donors (Lipinski definition) is 0. The van der Waals surface area contributed by atoms with Crippen LogP contribution in [-0.2, 0) is 0 Å². The molecular weight excluding hydrogens is 212 g/mol. The van der Waals surface area contributed by atoms with Crippen LogP contribution in [-0.4, -0.2) is 27.9 Å². The Kier molecular flexibility index (Phi) is 3.46. The van der Waals surface area contributed by atoms with Crippen LogP contribution in [0, 0.1) is 6.92 Å². The molecule has 1 amide bonds. The minimum Gasteiger partial charge on any atom is -0.332 e. The van der Waals surface area contributed by atoms with Crippen LogP contribution in [0.15, 0.2) is 18.2 Å². The number of aromatic nitrogens is 1. The molecule has 92 valence electrons. The third kappa shape index (κ3) is 2.48. The lowest BCUT2D eigenvalue weighted by Crippen LogP contribution is -2.47. The predicted octanol–water partition coefficient (Wildman–Crippen LogP) is 2.79. The predicted molar refractivity (Wildman–Crippen MR) is 67.9 cm³/mol. The van der Waals surface area contributed by atoms with E-state index < -0.39 is 0 Å². The second-order valence-electron chi connectivity index (χ2n) is 5.01. The number of rotatable bonds is 1. The summed E-state index contributed by atoms with van der Waals surface area (Å²) >= 11 is 0. The number of pyridine rings is 1. The summed E-state index contributed by atoms with van der Waals surface area (Å²) in [5.74, 6) is 0.0772. The fourth-order valence-electron chi connectivity index (χ4n) is 2.62. The second-order valence-corrected chi connectivity index (χ2v) is 5.01. The van der Waals surface area contributed by atoms with Gasteiger partial charge in [-0.15, -0.1) is 0 Å². The molecular formula is C14H20N2O. The molecule has 17 heavy (non-hydrogen) atoms. The number of piperidine rings is 1. The molecule has 0 radical (unpaired) electrons. The lowest BCUT2D eigenvalue weighted by molar-refractivity contribution is 0.0504. The topological polar surface area (TPSA) is 33.2 Å². The summed E-state index contributed by atoms with van der Waals surface area (Å²) in [5, 5.41) is 0. The van der Waals surface area contributed by atoms with E-state index in [0.717, 1.165) is 18.5 Å². The van der Waals surface area contributed by atoms with Crippen molar-refractivity contribution in [2.75, 3.05) is 0 Å². The van der Waals surface area contributed by atoms with E-state index in [1.165, 1.54) is 6.42 Å². The van der Waals surface area contributed by atoms with Crippen LogP contribution in [0.4, 0.5) is 0 Å². The maximum absolute atomic E-state index is 12.4. The number of amides is 1. The van der Waals surface area contributed by atoms with Crippen molar-refractivity contribution in [1.82, 2.24) is 9.88 Å². The van der Waals surface area contributed by atoms with Crippen molar-refractivity contribution in [3.8, 4) is 0 Å². The van der Waals surface area contributed by atoms with E-state index in [2.05, 4.69) is 18.8 Å². The van der Waals surface area contributed by atoms with E-state index in [0.29, 0.717) is 17.8 Å². The van der Waals surface area contributed by atoms with E-state index in [9.17, 15) is 4.79 Å². The number of nitrogens with zero attached hydrogens (tertiary/aromatic N) is 2. The first kappa shape index (κ1) is 12.1. The molecule has 2 unspecified atom stereocenters. The Morgan fingerprint density at radius 3 is 2.53 bits per heavy atom. The van der Waals surface area contributed by atoms with Crippen molar-refractivity contribution < 1.29 is 4.79 Å². The molecule has 1 aliphatic heterocycles. The zero-order chi connectivity index (χ0) is 12.4. The number of carbonyl (C=O) groups excluding carboxylic acids is 1. The standard InChI is InChI=1S/C14H20N2O/c1-10-6-4-9-13(15-10)14(17)16-11(2)7-5-8-12(16)3/h4,6,9,11-12H,5,7-8H2,1-3H3. The van der Waals surface area contributed by atoms with Crippen LogP contribution in [0.5, 0.6) is 0 Å². The molecule has 1 aliphatic rings. The number of likely N-dealkylation sites (tertiary alicyclic amines) is 1. The van der Waals surface area contributed by atoms with Crippen LogP contribution >= 0.6 is 0 Å². The molecule has 3 nitrogen and oxygen atoms in total. The van der Waals surface area contributed by atoms with E-state index in [1.54, 1.807) is 0 Å². The lowest BCUT2D eigenvalue weighted by atomic mass is 9.97. The summed E-state index contributed by atoms with van der Waals surface area (Å²) in [6, 6.07) is 6.28. The van der Waals surface area contributed by atoms with E-state index in [1.807, 2.05) is 30.0 Å². The minimum absolute atomic E-state index is 0.0772. The Hall–Kier alpha value is -1.38. The summed E-state index contributed by atoms with van der Waals surface area (Å²) in [7, 11) is 0. The van der Waals surface area contributed by atoms with Crippen molar-refractivity contribution in [3.05, 3.63) is 29.6 Å². The highest BCUT2D eigenvalue weighted by Gasteiger charge is 2.30. The Morgan fingerprint density at radius 2 is 1.94 bits per heavy atom. The van der Waals surface area contributed by atoms with Crippen LogP contribution < -0.4 is 0 Å². The molecule has 0 aromatic carbocycles. The van der Waals surface area contributed by atoms with Gasteiger partial charge in [0.15, 0.2) is 0 Å². The maximum atomic E-state index is 12.4. The van der Waals surface area contributed by atoms with Crippen LogP contribution in [0.25, 0.3) is 0 Å². The molecule has 0 aliphatic carbocycles. The number of aryl methyl sites for hydroxylation is 1. The first-order valence-electron chi connectivity index (χ1n) is 6.36. The molecule has 1 aromatic rings. The highest BCUT2D eigenvalue weighted by Crippen LogP contribution is 2.24. The quantitative estimate of drug-likeness (QED) is 0.746. The molecule has 2 rings (SSSR count). The van der Waals surface area contributed by atoms with Gasteiger partial charge < -0.3 is 4.90 Å². The van der Waals surface area contributed by atoms with Gasteiger partial charge in [-0.3, -0.25) is 4.79 Å². The average molecular weight is 232 g/mol. The summed E-state index contributed by atoms with van der Waals surface area (Å²) in [6.45, 7) is 6.17. The Morgan fingerprint density at radius 1 is 1.29 bits per heavy atom. The fraction of sp³-hybridized carbons (Fsp3) is 0.571. The van der Waals surface area contributed by atoms with Gasteiger partial charge in [-0.1, -0.05) is 6.07 Å². The summed E-state index contributed by atoms with van der Waals surface area (Å²) in [4.78, 5) is 18.8. The van der Waals surface area contributed by atoms with Gasteiger partial charge in [0, 0.05) is 17.8 Å². The molecule has 3 heteroatoms. The van der Waals surface area contributed by atoms with Gasteiger partial charge in [0.2, 0.25) is 0 Å². The minimum atomic E-state index is 0.0772. The largest absolute Gasteiger partial charge is 0.332 e. The smallest absolute Gasteiger partial charge is 0.272 e. The Labute approximate surface area is 103 Å². The highest BCUT2D eigenvalue weighted by molar-refractivity contribution is 5.92. The molecule has 0 N–H and O–H groups in total. The molecule has 1 saturated heterocycles. The maximum Gasteiger partial charge on any atom is 0.272 e. The first-order valence-corrected chi connectivity index (χ1v) is 6.36. The number of hydrogen-bond acceptors (Lipinski definition) is 2. The molecule has 1 fully saturated rings. The normalized spacial score (nSPS) is 24.8. The van der Waals surface area contributed by atoms with E-state index >= 15 is 0 Å². The fourth-order valence-corrected chi connectivity index (χ4v) is 2.62. The summed E-state index contributed by atoms with van der Waals surface area (Å²) in [5.41, 5.74) is 1.47. The van der Waals surface area contributed by atoms with Gasteiger partial charge >= 0.3 is 0 Å². The molecule has 0 spiro atoms. The monoisotopic (exact) mass is 232 g/mol. The molecule has 1 aromatic heterocycles. The van der Waals surface area contributed by atoms with Gasteiger partial charge in [0.05, 0.1) is 0 Å². The van der Waals surface area contributed by atoms with Crippen molar-refractivity contribution in [1.29, 1.82) is 0 Å². The van der Waals surface area contributed by atoms with Crippen LogP contribution in [0.2, 0.25) is 0 Å². The number of carbonyl (C=O) groups is 1. The zero-order valence-electron chi connectivity index (χ0n) is 10.8. The van der Waals surface area contributed by atoms with Crippen LogP contribution in [0.1, 0.15) is 49.3 Å². The Bertz CT molecular complexity index is 406. The van der Waals surface area contributed by atoms with Gasteiger partial charge in [-0.25, -0.2) is 4.98 Å². The highest BCUT2D eigenvalue weighted by atomic mass is 16.2. The lowest BCUT2D eigenvalue weighted by Gasteiger charge is -2.38. The molecule has 2 atom stereocenters. The van der Waals surface area contributed by atoms with E-state index in [-0.39, 0.29) is 5.91 Å².